The van der Waals surface area contributed by atoms with Crippen LogP contribution in [0.5, 0.6) is 0 Å². The molecule has 0 aromatic heterocycles. The average molecular weight is 228 g/mol. The third-order valence-corrected chi connectivity index (χ3v) is 3.80. The molecule has 1 aliphatic heterocycles. The predicted octanol–water partition coefficient (Wildman–Crippen LogP) is 3.64. The van der Waals surface area contributed by atoms with Crippen LogP contribution in [0.3, 0.4) is 0 Å². The number of unbranched alkanes of at least 4 members (excludes halogenated alkanes) is 1. The quantitative estimate of drug-likeness (QED) is 0.562. The van der Waals surface area contributed by atoms with Gasteiger partial charge in [-0.05, 0) is 18.3 Å². The van der Waals surface area contributed by atoms with Gasteiger partial charge < -0.3 is 9.47 Å². The summed E-state index contributed by atoms with van der Waals surface area (Å²) >= 11 is 0. The maximum atomic E-state index is 5.95. The van der Waals surface area contributed by atoms with Gasteiger partial charge in [0.1, 0.15) is 6.10 Å². The van der Waals surface area contributed by atoms with Gasteiger partial charge in [0.25, 0.3) is 0 Å². The first-order valence-electron chi connectivity index (χ1n) is 6.92. The van der Waals surface area contributed by atoms with Gasteiger partial charge in [-0.1, -0.05) is 47.0 Å². The molecule has 1 fully saturated rings. The zero-order valence-electron chi connectivity index (χ0n) is 11.4. The lowest BCUT2D eigenvalue weighted by atomic mass is 9.86. The van der Waals surface area contributed by atoms with Gasteiger partial charge in [0.15, 0.2) is 0 Å². The standard InChI is InChI=1S/C14H28O2/c1-5-7-8-11(3)12(4)14(6-2)16-10-13-9-15-13/h11-14H,5-10H2,1-4H3. The lowest BCUT2D eigenvalue weighted by Gasteiger charge is -2.28. The lowest BCUT2D eigenvalue weighted by molar-refractivity contribution is -0.00907. The summed E-state index contributed by atoms with van der Waals surface area (Å²) in [5.74, 6) is 1.43. The lowest BCUT2D eigenvalue weighted by Crippen LogP contribution is -2.27. The SMILES string of the molecule is CCCCC(C)C(C)C(CC)OCC1CO1. The Morgan fingerprint density at radius 1 is 1.31 bits per heavy atom. The summed E-state index contributed by atoms with van der Waals surface area (Å²) in [7, 11) is 0. The van der Waals surface area contributed by atoms with Crippen molar-refractivity contribution in [3.63, 3.8) is 0 Å². The van der Waals surface area contributed by atoms with Crippen molar-refractivity contribution in [2.75, 3.05) is 13.2 Å². The molecule has 1 rings (SSSR count). The molecule has 1 heterocycles. The number of ether oxygens (including phenoxy) is 2. The van der Waals surface area contributed by atoms with Gasteiger partial charge >= 0.3 is 0 Å². The summed E-state index contributed by atoms with van der Waals surface area (Å²) in [5, 5.41) is 0. The van der Waals surface area contributed by atoms with E-state index in [4.69, 9.17) is 9.47 Å². The van der Waals surface area contributed by atoms with E-state index in [9.17, 15) is 0 Å². The Balaban J connectivity index is 2.24. The van der Waals surface area contributed by atoms with Crippen LogP contribution in [0, 0.1) is 11.8 Å². The Hall–Kier alpha value is -0.0800. The van der Waals surface area contributed by atoms with Gasteiger partial charge in [0, 0.05) is 0 Å². The fourth-order valence-electron chi connectivity index (χ4n) is 2.19. The monoisotopic (exact) mass is 228 g/mol. The molecule has 2 nitrogen and oxygen atoms in total. The third kappa shape index (κ3) is 4.84. The number of hydrogen-bond donors (Lipinski definition) is 0. The molecule has 0 aliphatic carbocycles. The average Bonchev–Trinajstić information content (AvgIpc) is 3.10. The topological polar surface area (TPSA) is 21.8 Å². The Morgan fingerprint density at radius 3 is 2.50 bits per heavy atom. The highest BCUT2D eigenvalue weighted by Crippen LogP contribution is 2.25. The van der Waals surface area contributed by atoms with Gasteiger partial charge in [-0.15, -0.1) is 0 Å². The second-order valence-corrected chi connectivity index (χ2v) is 5.21. The zero-order chi connectivity index (χ0) is 12.0. The molecule has 0 bridgehead atoms. The van der Waals surface area contributed by atoms with Crippen LogP contribution in [0.2, 0.25) is 0 Å². The molecule has 0 N–H and O–H groups in total. The van der Waals surface area contributed by atoms with Crippen LogP contribution in [0.15, 0.2) is 0 Å². The molecule has 0 saturated carbocycles. The molecular formula is C14H28O2. The van der Waals surface area contributed by atoms with Crippen molar-refractivity contribution in [3.05, 3.63) is 0 Å². The van der Waals surface area contributed by atoms with Gasteiger partial charge in [-0.2, -0.15) is 0 Å². The van der Waals surface area contributed by atoms with Crippen molar-refractivity contribution < 1.29 is 9.47 Å². The molecule has 0 spiro atoms. The molecule has 0 amide bonds. The van der Waals surface area contributed by atoms with Crippen molar-refractivity contribution in [2.45, 2.75) is 65.6 Å². The van der Waals surface area contributed by atoms with Gasteiger partial charge in [0.05, 0.1) is 19.3 Å². The second kappa shape index (κ2) is 7.29. The largest absolute Gasteiger partial charge is 0.375 e. The minimum atomic E-state index is 0.396. The van der Waals surface area contributed by atoms with Crippen molar-refractivity contribution in [3.8, 4) is 0 Å². The minimum Gasteiger partial charge on any atom is -0.375 e. The van der Waals surface area contributed by atoms with Crippen LogP contribution < -0.4 is 0 Å². The molecule has 4 unspecified atom stereocenters. The normalized spacial score (nSPS) is 25.1. The highest BCUT2D eigenvalue weighted by atomic mass is 16.6. The minimum absolute atomic E-state index is 0.396. The first-order chi connectivity index (χ1) is 7.69. The summed E-state index contributed by atoms with van der Waals surface area (Å²) in [6, 6.07) is 0. The van der Waals surface area contributed by atoms with Crippen molar-refractivity contribution >= 4 is 0 Å². The fourth-order valence-corrected chi connectivity index (χ4v) is 2.19. The van der Waals surface area contributed by atoms with E-state index in [1.54, 1.807) is 0 Å². The van der Waals surface area contributed by atoms with Gasteiger partial charge in [-0.3, -0.25) is 0 Å². The smallest absolute Gasteiger partial charge is 0.104 e. The summed E-state index contributed by atoms with van der Waals surface area (Å²) < 4.78 is 11.1. The van der Waals surface area contributed by atoms with Crippen molar-refractivity contribution in [1.82, 2.24) is 0 Å². The summed E-state index contributed by atoms with van der Waals surface area (Å²) in [5.41, 5.74) is 0. The van der Waals surface area contributed by atoms with Crippen LogP contribution in [0.25, 0.3) is 0 Å². The Morgan fingerprint density at radius 2 is 2.00 bits per heavy atom. The molecular weight excluding hydrogens is 200 g/mol. The molecule has 1 aliphatic rings. The fraction of sp³-hybridized carbons (Fsp3) is 1.00. The summed E-state index contributed by atoms with van der Waals surface area (Å²) in [4.78, 5) is 0. The molecule has 2 heteroatoms. The molecule has 16 heavy (non-hydrogen) atoms. The summed E-state index contributed by atoms with van der Waals surface area (Å²) in [6.45, 7) is 10.9. The number of hydrogen-bond acceptors (Lipinski definition) is 2. The highest BCUT2D eigenvalue weighted by Gasteiger charge is 2.27. The van der Waals surface area contributed by atoms with E-state index in [1.807, 2.05) is 0 Å². The van der Waals surface area contributed by atoms with E-state index in [0.29, 0.717) is 18.1 Å². The molecule has 4 atom stereocenters. The predicted molar refractivity (Wildman–Crippen MR) is 67.6 cm³/mol. The first-order valence-corrected chi connectivity index (χ1v) is 6.92. The Labute approximate surface area is 101 Å². The van der Waals surface area contributed by atoms with E-state index in [-0.39, 0.29) is 0 Å². The summed E-state index contributed by atoms with van der Waals surface area (Å²) in [6.07, 6.45) is 5.89. The van der Waals surface area contributed by atoms with E-state index in [0.717, 1.165) is 25.6 Å². The van der Waals surface area contributed by atoms with Crippen LogP contribution >= 0.6 is 0 Å². The number of epoxide rings is 1. The van der Waals surface area contributed by atoms with Crippen LogP contribution in [-0.2, 0) is 9.47 Å². The molecule has 0 aromatic rings. The number of rotatable bonds is 9. The molecule has 1 saturated heterocycles. The van der Waals surface area contributed by atoms with E-state index in [2.05, 4.69) is 27.7 Å². The van der Waals surface area contributed by atoms with Crippen molar-refractivity contribution in [1.29, 1.82) is 0 Å². The second-order valence-electron chi connectivity index (χ2n) is 5.21. The van der Waals surface area contributed by atoms with Crippen LogP contribution in [0.4, 0.5) is 0 Å². The molecule has 96 valence electrons. The van der Waals surface area contributed by atoms with Crippen LogP contribution in [-0.4, -0.2) is 25.4 Å². The van der Waals surface area contributed by atoms with Gasteiger partial charge in [-0.25, -0.2) is 0 Å². The van der Waals surface area contributed by atoms with E-state index >= 15 is 0 Å². The van der Waals surface area contributed by atoms with Crippen molar-refractivity contribution in [2.24, 2.45) is 11.8 Å². The maximum Gasteiger partial charge on any atom is 0.104 e. The Bertz CT molecular complexity index is 178. The Kier molecular flexibility index (Phi) is 6.37. The van der Waals surface area contributed by atoms with Gasteiger partial charge in [0.2, 0.25) is 0 Å². The van der Waals surface area contributed by atoms with E-state index in [1.165, 1.54) is 19.3 Å². The first kappa shape index (κ1) is 14.0. The molecule has 0 aromatic carbocycles. The van der Waals surface area contributed by atoms with Crippen LogP contribution in [0.1, 0.15) is 53.4 Å². The molecule has 0 radical (unpaired) electrons. The van der Waals surface area contributed by atoms with E-state index < -0.39 is 0 Å². The zero-order valence-corrected chi connectivity index (χ0v) is 11.4. The highest BCUT2D eigenvalue weighted by molar-refractivity contribution is 4.74. The third-order valence-electron chi connectivity index (χ3n) is 3.80. The maximum absolute atomic E-state index is 5.95.